The highest BCUT2D eigenvalue weighted by Crippen LogP contribution is 2.09. The molecular weight excluding hydrogens is 438 g/mol. The van der Waals surface area contributed by atoms with Gasteiger partial charge in [-0.05, 0) is 38.1 Å². The molecule has 0 saturated carbocycles. The van der Waals surface area contributed by atoms with E-state index in [1.54, 1.807) is 13.8 Å². The van der Waals surface area contributed by atoms with Gasteiger partial charge in [-0.2, -0.15) is 0 Å². The quantitative estimate of drug-likeness (QED) is 0.150. The lowest BCUT2D eigenvalue weighted by molar-refractivity contribution is -0.143. The summed E-state index contributed by atoms with van der Waals surface area (Å²) in [5, 5.41) is 28.5. The first-order chi connectivity index (χ1) is 15.4. The number of hydrogen-bond donors (Lipinski definition) is 7. The molecule has 1 aliphatic rings. The molecule has 0 aromatic rings. The van der Waals surface area contributed by atoms with Crippen molar-refractivity contribution in [3.05, 3.63) is 0 Å². The Bertz CT molecular complexity index is 751. The van der Waals surface area contributed by atoms with Crippen LogP contribution >= 0.6 is 0 Å². The molecule has 0 radical (unpaired) electrons. The van der Waals surface area contributed by atoms with Crippen molar-refractivity contribution in [3.8, 4) is 0 Å². The van der Waals surface area contributed by atoms with Crippen LogP contribution in [0.3, 0.4) is 0 Å². The molecule has 8 N–H and O–H groups in total. The minimum absolute atomic E-state index is 0.0925. The van der Waals surface area contributed by atoms with Crippen LogP contribution in [0.5, 0.6) is 0 Å². The average molecular weight is 472 g/mol. The van der Waals surface area contributed by atoms with Crippen molar-refractivity contribution >= 4 is 35.6 Å². The number of carbonyl (C=O) groups is 6. The standard InChI is InChI=1S/C20H33N5O8/c1-10(2)8-13(18(30)23-12(20(32)33)5-6-15(21)26)24-19(31)14(9-16(27)28)25-17(29)11-4-3-7-22-11/h10-14,22H,3-9H2,1-2H3,(H2,21,26)(H,23,30)(H,24,31)(H,25,29)(H,27,28)(H,32,33). The van der Waals surface area contributed by atoms with E-state index in [0.717, 1.165) is 6.42 Å². The van der Waals surface area contributed by atoms with E-state index in [2.05, 4.69) is 21.3 Å². The largest absolute Gasteiger partial charge is 0.481 e. The number of carboxylic acid groups (broad SMARTS) is 2. The maximum Gasteiger partial charge on any atom is 0.326 e. The first kappa shape index (κ1) is 27.8. The number of primary amides is 1. The fourth-order valence-electron chi connectivity index (χ4n) is 3.36. The average Bonchev–Trinajstić information content (AvgIpc) is 3.23. The van der Waals surface area contributed by atoms with Crippen molar-refractivity contribution in [2.24, 2.45) is 11.7 Å². The number of carbonyl (C=O) groups excluding carboxylic acids is 4. The molecule has 33 heavy (non-hydrogen) atoms. The Labute approximate surface area is 191 Å². The van der Waals surface area contributed by atoms with Gasteiger partial charge < -0.3 is 37.2 Å². The van der Waals surface area contributed by atoms with Gasteiger partial charge in [0, 0.05) is 6.42 Å². The van der Waals surface area contributed by atoms with Gasteiger partial charge in [0.2, 0.25) is 23.6 Å². The summed E-state index contributed by atoms with van der Waals surface area (Å²) in [6.07, 6.45) is 0.248. The van der Waals surface area contributed by atoms with Crippen LogP contribution in [0.2, 0.25) is 0 Å². The lowest BCUT2D eigenvalue weighted by Gasteiger charge is -2.25. The predicted molar refractivity (Wildman–Crippen MR) is 115 cm³/mol. The lowest BCUT2D eigenvalue weighted by atomic mass is 10.0. The monoisotopic (exact) mass is 471 g/mol. The number of aliphatic carboxylic acids is 2. The van der Waals surface area contributed by atoms with Crippen LogP contribution in [0.4, 0.5) is 0 Å². The third-order valence-electron chi connectivity index (χ3n) is 5.02. The van der Waals surface area contributed by atoms with Crippen molar-refractivity contribution in [2.45, 2.75) is 76.5 Å². The van der Waals surface area contributed by atoms with Gasteiger partial charge in [-0.1, -0.05) is 13.8 Å². The Morgan fingerprint density at radius 3 is 2.06 bits per heavy atom. The minimum atomic E-state index is -1.43. The Balaban J connectivity index is 2.92. The van der Waals surface area contributed by atoms with E-state index in [1.165, 1.54) is 0 Å². The summed E-state index contributed by atoms with van der Waals surface area (Å²) in [6.45, 7) is 4.18. The third-order valence-corrected chi connectivity index (χ3v) is 5.02. The molecule has 1 fully saturated rings. The molecule has 1 heterocycles. The highest BCUT2D eigenvalue weighted by molar-refractivity contribution is 5.95. The number of hydrogen-bond acceptors (Lipinski definition) is 7. The molecule has 1 rings (SSSR count). The Morgan fingerprint density at radius 1 is 0.970 bits per heavy atom. The number of carboxylic acids is 2. The fourth-order valence-corrected chi connectivity index (χ4v) is 3.36. The molecule has 1 aliphatic heterocycles. The SMILES string of the molecule is CC(C)CC(NC(=O)C(CC(=O)O)NC(=O)C1CCCN1)C(=O)NC(CCC(N)=O)C(=O)O. The highest BCUT2D eigenvalue weighted by atomic mass is 16.4. The van der Waals surface area contributed by atoms with Crippen LogP contribution in [-0.2, 0) is 28.8 Å². The van der Waals surface area contributed by atoms with Gasteiger partial charge in [0.1, 0.15) is 18.1 Å². The summed E-state index contributed by atoms with van der Waals surface area (Å²) in [5.41, 5.74) is 5.03. The zero-order valence-corrected chi connectivity index (χ0v) is 18.8. The zero-order chi connectivity index (χ0) is 25.1. The summed E-state index contributed by atoms with van der Waals surface area (Å²) in [4.78, 5) is 71.5. The zero-order valence-electron chi connectivity index (χ0n) is 18.8. The molecular formula is C20H33N5O8. The summed E-state index contributed by atoms with van der Waals surface area (Å²) in [5.74, 6) is -5.73. The van der Waals surface area contributed by atoms with Gasteiger partial charge in [-0.3, -0.25) is 24.0 Å². The number of amides is 4. The second kappa shape index (κ2) is 13.4. The fraction of sp³-hybridized carbons (Fsp3) is 0.700. The molecule has 4 atom stereocenters. The number of nitrogens with two attached hydrogens (primary N) is 1. The van der Waals surface area contributed by atoms with Crippen molar-refractivity contribution in [1.29, 1.82) is 0 Å². The van der Waals surface area contributed by atoms with Crippen molar-refractivity contribution in [2.75, 3.05) is 6.54 Å². The summed E-state index contributed by atoms with van der Waals surface area (Å²) >= 11 is 0. The van der Waals surface area contributed by atoms with Crippen LogP contribution in [0.1, 0.15) is 52.4 Å². The Morgan fingerprint density at radius 2 is 1.58 bits per heavy atom. The summed E-state index contributed by atoms with van der Waals surface area (Å²) in [7, 11) is 0. The van der Waals surface area contributed by atoms with E-state index in [0.29, 0.717) is 13.0 Å². The maximum atomic E-state index is 12.8. The summed E-state index contributed by atoms with van der Waals surface area (Å²) < 4.78 is 0. The molecule has 1 saturated heterocycles. The lowest BCUT2D eigenvalue weighted by Crippen LogP contribution is -2.57. The number of rotatable bonds is 14. The molecule has 13 heteroatoms. The molecule has 0 bridgehead atoms. The second-order valence-corrected chi connectivity index (χ2v) is 8.40. The molecule has 186 valence electrons. The van der Waals surface area contributed by atoms with Crippen LogP contribution in [0.15, 0.2) is 0 Å². The normalized spacial score (nSPS) is 18.1. The van der Waals surface area contributed by atoms with Crippen LogP contribution in [0.25, 0.3) is 0 Å². The van der Waals surface area contributed by atoms with E-state index >= 15 is 0 Å². The Kier molecular flexibility index (Phi) is 11.3. The van der Waals surface area contributed by atoms with E-state index in [9.17, 15) is 33.9 Å². The predicted octanol–water partition coefficient (Wildman–Crippen LogP) is -1.94. The van der Waals surface area contributed by atoms with E-state index < -0.39 is 66.2 Å². The molecule has 4 unspecified atom stereocenters. The van der Waals surface area contributed by atoms with Crippen molar-refractivity contribution in [3.63, 3.8) is 0 Å². The van der Waals surface area contributed by atoms with Gasteiger partial charge in [-0.25, -0.2) is 4.79 Å². The van der Waals surface area contributed by atoms with Crippen LogP contribution < -0.4 is 27.0 Å². The molecule has 0 spiro atoms. The van der Waals surface area contributed by atoms with E-state index in [-0.39, 0.29) is 25.2 Å². The number of nitrogens with one attached hydrogen (secondary N) is 4. The van der Waals surface area contributed by atoms with Gasteiger partial charge in [-0.15, -0.1) is 0 Å². The molecule has 13 nitrogen and oxygen atoms in total. The van der Waals surface area contributed by atoms with Crippen molar-refractivity contribution < 1.29 is 39.0 Å². The van der Waals surface area contributed by atoms with Gasteiger partial charge in [0.25, 0.3) is 0 Å². The molecule has 4 amide bonds. The van der Waals surface area contributed by atoms with Gasteiger partial charge >= 0.3 is 11.9 Å². The molecule has 0 aromatic heterocycles. The van der Waals surface area contributed by atoms with Gasteiger partial charge in [0.15, 0.2) is 0 Å². The van der Waals surface area contributed by atoms with Crippen LogP contribution in [0, 0.1) is 5.92 Å². The first-order valence-electron chi connectivity index (χ1n) is 10.8. The molecule has 0 aliphatic carbocycles. The van der Waals surface area contributed by atoms with Crippen LogP contribution in [-0.4, -0.2) is 76.5 Å². The maximum absolute atomic E-state index is 12.8. The third kappa shape index (κ3) is 10.3. The highest BCUT2D eigenvalue weighted by Gasteiger charge is 2.32. The first-order valence-corrected chi connectivity index (χ1v) is 10.8. The molecule has 0 aromatic carbocycles. The van der Waals surface area contributed by atoms with E-state index in [1.807, 2.05) is 0 Å². The topological polar surface area (TPSA) is 217 Å². The summed E-state index contributed by atoms with van der Waals surface area (Å²) in [6, 6.07) is -4.55. The van der Waals surface area contributed by atoms with E-state index in [4.69, 9.17) is 10.8 Å². The van der Waals surface area contributed by atoms with Crippen molar-refractivity contribution in [1.82, 2.24) is 21.3 Å². The smallest absolute Gasteiger partial charge is 0.326 e. The second-order valence-electron chi connectivity index (χ2n) is 8.40. The minimum Gasteiger partial charge on any atom is -0.481 e. The van der Waals surface area contributed by atoms with Gasteiger partial charge in [0.05, 0.1) is 12.5 Å². The Hall–Kier alpha value is -3.22.